The Morgan fingerprint density at radius 2 is 1.32 bits per heavy atom. The highest BCUT2D eigenvalue weighted by atomic mass is 28.4. The van der Waals surface area contributed by atoms with E-state index in [0.29, 0.717) is 12.1 Å². The maximum absolute atomic E-state index is 14.4. The molecule has 0 saturated carbocycles. The van der Waals surface area contributed by atoms with Gasteiger partial charge in [-0.25, -0.2) is 0 Å². The molecular formula is C25H28F3NOSi. The average Bonchev–Trinajstić information content (AvgIpc) is 2.74. The van der Waals surface area contributed by atoms with Crippen LogP contribution in [0.5, 0.6) is 0 Å². The third-order valence-electron chi connectivity index (χ3n) is 5.47. The van der Waals surface area contributed by atoms with E-state index < -0.39 is 25.6 Å². The fourth-order valence-corrected chi connectivity index (χ4v) is 8.63. The van der Waals surface area contributed by atoms with Crippen molar-refractivity contribution in [3.8, 4) is 0 Å². The SMILES string of the molecule is CCc1cccc(C(O[Si](c2ccccc2)(c2ccccc2)C(C)(C)C)C(F)(F)F)n1. The number of nitrogens with zero attached hydrogens (tertiary/aromatic N) is 1. The maximum atomic E-state index is 14.4. The Kier molecular flexibility index (Phi) is 6.72. The van der Waals surface area contributed by atoms with E-state index in [1.807, 2.05) is 88.4 Å². The molecule has 1 atom stereocenters. The highest BCUT2D eigenvalue weighted by molar-refractivity contribution is 6.99. The van der Waals surface area contributed by atoms with Crippen LogP contribution in [0.15, 0.2) is 78.9 Å². The minimum Gasteiger partial charge on any atom is -0.391 e. The first-order valence-corrected chi connectivity index (χ1v) is 12.3. The monoisotopic (exact) mass is 443 g/mol. The Balaban J connectivity index is 2.27. The van der Waals surface area contributed by atoms with Gasteiger partial charge in [0, 0.05) is 5.69 Å². The topological polar surface area (TPSA) is 22.1 Å². The van der Waals surface area contributed by atoms with Gasteiger partial charge in [0.2, 0.25) is 0 Å². The molecular weight excluding hydrogens is 415 g/mol. The largest absolute Gasteiger partial charge is 0.419 e. The van der Waals surface area contributed by atoms with Crippen LogP contribution in [0.25, 0.3) is 0 Å². The van der Waals surface area contributed by atoms with Gasteiger partial charge in [0.1, 0.15) is 0 Å². The molecule has 2 aromatic carbocycles. The van der Waals surface area contributed by atoms with Gasteiger partial charge in [-0.2, -0.15) is 13.2 Å². The normalized spacial score (nSPS) is 13.8. The first kappa shape index (κ1) is 23.2. The molecule has 6 heteroatoms. The van der Waals surface area contributed by atoms with Crippen molar-refractivity contribution < 1.29 is 17.6 Å². The van der Waals surface area contributed by atoms with Gasteiger partial charge in [-0.05, 0) is 34.0 Å². The van der Waals surface area contributed by atoms with Gasteiger partial charge in [0.05, 0.1) is 5.69 Å². The summed E-state index contributed by atoms with van der Waals surface area (Å²) in [6.07, 6.45) is -6.17. The van der Waals surface area contributed by atoms with Gasteiger partial charge in [0.25, 0.3) is 8.32 Å². The van der Waals surface area contributed by atoms with Gasteiger partial charge in [-0.1, -0.05) is 94.4 Å². The number of alkyl halides is 3. The Labute approximate surface area is 183 Å². The highest BCUT2D eigenvalue weighted by Crippen LogP contribution is 2.44. The quantitative estimate of drug-likeness (QED) is 0.448. The number of hydrogen-bond acceptors (Lipinski definition) is 2. The Morgan fingerprint density at radius 1 is 0.806 bits per heavy atom. The van der Waals surface area contributed by atoms with Crippen LogP contribution < -0.4 is 10.4 Å². The van der Waals surface area contributed by atoms with E-state index in [9.17, 15) is 13.2 Å². The third-order valence-corrected chi connectivity index (χ3v) is 10.5. The van der Waals surface area contributed by atoms with E-state index in [4.69, 9.17) is 4.43 Å². The lowest BCUT2D eigenvalue weighted by molar-refractivity contribution is -0.201. The van der Waals surface area contributed by atoms with Crippen LogP contribution in [0.1, 0.15) is 45.2 Å². The molecule has 31 heavy (non-hydrogen) atoms. The summed E-state index contributed by atoms with van der Waals surface area (Å²) in [4.78, 5) is 4.29. The summed E-state index contributed by atoms with van der Waals surface area (Å²) in [6, 6.07) is 23.4. The number of aromatic nitrogens is 1. The minimum atomic E-state index is -4.60. The second kappa shape index (κ2) is 8.97. The number of hydrogen-bond donors (Lipinski definition) is 0. The van der Waals surface area contributed by atoms with Gasteiger partial charge < -0.3 is 4.43 Å². The van der Waals surface area contributed by atoms with Crippen LogP contribution >= 0.6 is 0 Å². The second-order valence-corrected chi connectivity index (χ2v) is 12.9. The smallest absolute Gasteiger partial charge is 0.391 e. The predicted octanol–water partition coefficient (Wildman–Crippen LogP) is 5.82. The fourth-order valence-electron chi connectivity index (χ4n) is 4.00. The molecule has 0 bridgehead atoms. The standard InChI is InChI=1S/C25H28F3NOSi/c1-5-19-13-12-18-22(29-19)23(25(26,27)28)30-31(24(2,3)4,20-14-8-6-9-15-20)21-16-10-7-11-17-21/h6-18,23H,5H2,1-4H3. The summed E-state index contributed by atoms with van der Waals surface area (Å²) in [5, 5.41) is 1.03. The first-order chi connectivity index (χ1) is 14.6. The molecule has 0 fully saturated rings. The van der Waals surface area contributed by atoms with E-state index >= 15 is 0 Å². The summed E-state index contributed by atoms with van der Waals surface area (Å²) in [6.45, 7) is 7.76. The molecule has 3 aromatic rings. The van der Waals surface area contributed by atoms with Crippen molar-refractivity contribution in [3.05, 3.63) is 90.3 Å². The molecule has 2 nitrogen and oxygen atoms in total. The zero-order chi connectivity index (χ0) is 22.7. The summed E-state index contributed by atoms with van der Waals surface area (Å²) < 4.78 is 49.7. The zero-order valence-corrected chi connectivity index (χ0v) is 19.3. The Hall–Kier alpha value is -2.44. The molecule has 0 N–H and O–H groups in total. The van der Waals surface area contributed by atoms with Crippen LogP contribution in [-0.2, 0) is 10.8 Å². The number of aryl methyl sites for hydroxylation is 1. The Morgan fingerprint density at radius 3 is 1.74 bits per heavy atom. The second-order valence-electron chi connectivity index (χ2n) is 8.61. The number of pyridine rings is 1. The number of rotatable bonds is 6. The summed E-state index contributed by atoms with van der Waals surface area (Å²) in [5.74, 6) is 0. The van der Waals surface area contributed by atoms with Gasteiger partial charge in [0.15, 0.2) is 6.10 Å². The molecule has 3 rings (SSSR count). The van der Waals surface area contributed by atoms with E-state index in [1.165, 1.54) is 6.07 Å². The molecule has 0 aliphatic rings. The lowest BCUT2D eigenvalue weighted by Gasteiger charge is -2.45. The number of benzene rings is 2. The maximum Gasteiger partial charge on any atom is 0.419 e. The van der Waals surface area contributed by atoms with Crippen molar-refractivity contribution in [1.82, 2.24) is 4.98 Å². The predicted molar refractivity (Wildman–Crippen MR) is 121 cm³/mol. The van der Waals surface area contributed by atoms with Crippen LogP contribution in [-0.4, -0.2) is 19.5 Å². The first-order valence-electron chi connectivity index (χ1n) is 10.4. The van der Waals surface area contributed by atoms with Crippen molar-refractivity contribution in [3.63, 3.8) is 0 Å². The summed E-state index contributed by atoms with van der Waals surface area (Å²) >= 11 is 0. The van der Waals surface area contributed by atoms with Crippen molar-refractivity contribution in [2.75, 3.05) is 0 Å². The number of halogens is 3. The van der Waals surface area contributed by atoms with E-state index in [2.05, 4.69) is 4.98 Å². The molecule has 1 unspecified atom stereocenters. The molecule has 1 heterocycles. The van der Waals surface area contributed by atoms with Crippen molar-refractivity contribution in [2.24, 2.45) is 0 Å². The highest BCUT2D eigenvalue weighted by Gasteiger charge is 2.56. The molecule has 164 valence electrons. The third kappa shape index (κ3) is 4.75. The van der Waals surface area contributed by atoms with Crippen molar-refractivity contribution in [1.29, 1.82) is 0 Å². The fraction of sp³-hybridized carbons (Fsp3) is 0.320. The average molecular weight is 444 g/mol. The zero-order valence-electron chi connectivity index (χ0n) is 18.3. The van der Waals surface area contributed by atoms with Gasteiger partial charge in [-0.15, -0.1) is 0 Å². The lowest BCUT2D eigenvalue weighted by atomic mass is 10.2. The van der Waals surface area contributed by atoms with E-state index in [-0.39, 0.29) is 5.69 Å². The lowest BCUT2D eigenvalue weighted by Crippen LogP contribution is -2.67. The van der Waals surface area contributed by atoms with Crippen LogP contribution in [0.4, 0.5) is 13.2 Å². The molecule has 0 spiro atoms. The van der Waals surface area contributed by atoms with E-state index in [1.54, 1.807) is 12.1 Å². The van der Waals surface area contributed by atoms with Gasteiger partial charge >= 0.3 is 6.18 Å². The molecule has 0 aliphatic carbocycles. The van der Waals surface area contributed by atoms with Crippen molar-refractivity contribution in [2.45, 2.75) is 51.4 Å². The molecule has 0 aliphatic heterocycles. The van der Waals surface area contributed by atoms with Crippen LogP contribution in [0, 0.1) is 0 Å². The molecule has 0 amide bonds. The molecule has 0 radical (unpaired) electrons. The molecule has 0 saturated heterocycles. The van der Waals surface area contributed by atoms with Crippen LogP contribution in [0.2, 0.25) is 5.04 Å². The van der Waals surface area contributed by atoms with E-state index in [0.717, 1.165) is 10.4 Å². The minimum absolute atomic E-state index is 0.0974. The van der Waals surface area contributed by atoms with Crippen molar-refractivity contribution >= 4 is 18.7 Å². The molecule has 1 aromatic heterocycles. The Bertz CT molecular complexity index is 945. The van der Waals surface area contributed by atoms with Gasteiger partial charge in [-0.3, -0.25) is 4.98 Å². The van der Waals surface area contributed by atoms with Crippen LogP contribution in [0.3, 0.4) is 0 Å². The summed E-state index contributed by atoms with van der Waals surface area (Å²) in [7, 11) is -3.39. The summed E-state index contributed by atoms with van der Waals surface area (Å²) in [5.41, 5.74) is 0.512.